The van der Waals surface area contributed by atoms with Gasteiger partial charge in [-0.05, 0) is 35.8 Å². The monoisotopic (exact) mass is 174 g/mol. The fourth-order valence-electron chi connectivity index (χ4n) is 0.211. The molecule has 0 N–H and O–H groups in total. The summed E-state index contributed by atoms with van der Waals surface area (Å²) >= 11 is 10.7. The Kier molecular flexibility index (Phi) is 5.40. The minimum Gasteiger partial charge on any atom is -0.329 e. The lowest BCUT2D eigenvalue weighted by molar-refractivity contribution is 0.253. The molecule has 50 valence electrons. The fourth-order valence-corrected chi connectivity index (χ4v) is 1.45. The van der Waals surface area contributed by atoms with Crippen LogP contribution in [-0.4, -0.2) is 6.10 Å². The molecule has 0 amide bonds. The van der Waals surface area contributed by atoms with Gasteiger partial charge in [-0.15, -0.1) is 0 Å². The summed E-state index contributed by atoms with van der Waals surface area (Å²) in [6.45, 7) is 2.77. The SMILES string of the molecule is CCC(C)OP(Cl)Cl. The molecular weight excluding hydrogens is 166 g/mol. The van der Waals surface area contributed by atoms with Gasteiger partial charge in [0.25, 0.3) is 0 Å². The smallest absolute Gasteiger partial charge is 0.225 e. The van der Waals surface area contributed by atoms with Gasteiger partial charge < -0.3 is 4.52 Å². The summed E-state index contributed by atoms with van der Waals surface area (Å²) in [7, 11) is 0. The minimum absolute atomic E-state index is 0.191. The molecule has 0 fully saturated rings. The molecule has 0 aromatic heterocycles. The van der Waals surface area contributed by atoms with Crippen LogP contribution < -0.4 is 0 Å². The van der Waals surface area contributed by atoms with E-state index in [1.54, 1.807) is 0 Å². The van der Waals surface area contributed by atoms with Crippen LogP contribution in [-0.2, 0) is 4.52 Å². The topological polar surface area (TPSA) is 9.23 Å². The van der Waals surface area contributed by atoms with Crippen molar-refractivity contribution in [1.82, 2.24) is 0 Å². The van der Waals surface area contributed by atoms with Crippen molar-refractivity contribution in [2.75, 3.05) is 0 Å². The molecule has 0 aliphatic rings. The Bertz CT molecular complexity index is 60.0. The molecule has 1 atom stereocenters. The van der Waals surface area contributed by atoms with Gasteiger partial charge in [-0.2, -0.15) is 0 Å². The van der Waals surface area contributed by atoms with E-state index in [-0.39, 0.29) is 6.10 Å². The normalized spacial score (nSPS) is 14.6. The van der Waals surface area contributed by atoms with Crippen LogP contribution in [0.15, 0.2) is 0 Å². The number of hydrogen-bond donors (Lipinski definition) is 0. The second-order valence-corrected chi connectivity index (χ2v) is 4.50. The predicted octanol–water partition coefficient (Wildman–Crippen LogP) is 3.51. The van der Waals surface area contributed by atoms with E-state index in [4.69, 9.17) is 27.0 Å². The second-order valence-electron chi connectivity index (χ2n) is 1.53. The van der Waals surface area contributed by atoms with E-state index in [9.17, 15) is 0 Å². The Morgan fingerprint density at radius 1 is 1.62 bits per heavy atom. The zero-order valence-corrected chi connectivity index (χ0v) is 7.30. The number of halogens is 2. The van der Waals surface area contributed by atoms with Gasteiger partial charge in [0, 0.05) is 0 Å². The molecule has 0 aliphatic heterocycles. The van der Waals surface area contributed by atoms with Gasteiger partial charge in [0.1, 0.15) is 0 Å². The Hall–Kier alpha value is 0.970. The first-order chi connectivity index (χ1) is 3.66. The maximum atomic E-state index is 5.36. The summed E-state index contributed by atoms with van der Waals surface area (Å²) in [6, 6.07) is 0. The third-order valence-corrected chi connectivity index (χ3v) is 1.83. The minimum atomic E-state index is -1.20. The molecule has 0 radical (unpaired) electrons. The molecule has 0 saturated heterocycles. The first-order valence-corrected chi connectivity index (χ1v) is 5.52. The molecule has 0 heterocycles. The molecule has 0 saturated carbocycles. The maximum Gasteiger partial charge on any atom is 0.225 e. The van der Waals surface area contributed by atoms with E-state index in [0.717, 1.165) is 6.42 Å². The van der Waals surface area contributed by atoms with Gasteiger partial charge in [0.2, 0.25) is 6.85 Å². The summed E-state index contributed by atoms with van der Waals surface area (Å²) in [5.41, 5.74) is 0. The highest BCUT2D eigenvalue weighted by atomic mass is 35.9. The summed E-state index contributed by atoms with van der Waals surface area (Å²) in [4.78, 5) is 0. The average Bonchev–Trinajstić information content (AvgIpc) is 1.65. The summed E-state index contributed by atoms with van der Waals surface area (Å²) < 4.78 is 4.99. The van der Waals surface area contributed by atoms with E-state index in [1.807, 2.05) is 13.8 Å². The van der Waals surface area contributed by atoms with E-state index >= 15 is 0 Å². The van der Waals surface area contributed by atoms with Crippen molar-refractivity contribution >= 4 is 29.3 Å². The Balaban J connectivity index is 3.10. The number of rotatable bonds is 3. The molecule has 0 bridgehead atoms. The third kappa shape index (κ3) is 5.11. The Labute approximate surface area is 60.7 Å². The first-order valence-electron chi connectivity index (χ1n) is 2.45. The lowest BCUT2D eigenvalue weighted by Gasteiger charge is -2.08. The maximum absolute atomic E-state index is 5.36. The summed E-state index contributed by atoms with van der Waals surface area (Å²) in [5, 5.41) is 0. The van der Waals surface area contributed by atoms with E-state index in [2.05, 4.69) is 0 Å². The lowest BCUT2D eigenvalue weighted by atomic mass is 10.3. The molecule has 8 heavy (non-hydrogen) atoms. The predicted molar refractivity (Wildman–Crippen MR) is 39.5 cm³/mol. The van der Waals surface area contributed by atoms with Gasteiger partial charge >= 0.3 is 0 Å². The highest BCUT2D eigenvalue weighted by molar-refractivity contribution is 8.00. The van der Waals surface area contributed by atoms with Crippen LogP contribution in [0.4, 0.5) is 0 Å². The second kappa shape index (κ2) is 4.81. The standard InChI is InChI=1S/C4H9Cl2OP/c1-3-4(2)7-8(5)6/h4H,3H2,1-2H3. The Morgan fingerprint density at radius 2 is 2.12 bits per heavy atom. The van der Waals surface area contributed by atoms with Gasteiger partial charge in [0.15, 0.2) is 0 Å². The molecule has 0 rings (SSSR count). The van der Waals surface area contributed by atoms with Gasteiger partial charge in [0.05, 0.1) is 6.10 Å². The molecule has 0 aliphatic carbocycles. The highest BCUT2D eigenvalue weighted by Crippen LogP contribution is 2.49. The van der Waals surface area contributed by atoms with E-state index in [0.29, 0.717) is 0 Å². The van der Waals surface area contributed by atoms with Crippen molar-refractivity contribution in [3.05, 3.63) is 0 Å². The molecule has 0 aromatic carbocycles. The van der Waals surface area contributed by atoms with Crippen molar-refractivity contribution < 1.29 is 4.52 Å². The molecule has 1 unspecified atom stereocenters. The van der Waals surface area contributed by atoms with E-state index < -0.39 is 6.85 Å². The van der Waals surface area contributed by atoms with Crippen molar-refractivity contribution in [1.29, 1.82) is 0 Å². The first kappa shape index (κ1) is 8.97. The zero-order chi connectivity index (χ0) is 6.57. The third-order valence-electron chi connectivity index (χ3n) is 0.835. The van der Waals surface area contributed by atoms with Crippen LogP contribution in [0.5, 0.6) is 0 Å². The molecule has 4 heteroatoms. The van der Waals surface area contributed by atoms with Crippen LogP contribution in [0, 0.1) is 0 Å². The zero-order valence-electron chi connectivity index (χ0n) is 4.90. The van der Waals surface area contributed by atoms with Crippen LogP contribution in [0.3, 0.4) is 0 Å². The Morgan fingerprint density at radius 3 is 2.25 bits per heavy atom. The molecule has 0 spiro atoms. The molecule has 0 aromatic rings. The number of hydrogen-bond acceptors (Lipinski definition) is 1. The lowest BCUT2D eigenvalue weighted by Crippen LogP contribution is -1.98. The van der Waals surface area contributed by atoms with Crippen molar-refractivity contribution in [2.24, 2.45) is 0 Å². The van der Waals surface area contributed by atoms with Crippen LogP contribution in [0.25, 0.3) is 0 Å². The molecule has 1 nitrogen and oxygen atoms in total. The van der Waals surface area contributed by atoms with Crippen molar-refractivity contribution in [3.8, 4) is 0 Å². The van der Waals surface area contributed by atoms with Gasteiger partial charge in [-0.3, -0.25) is 0 Å². The summed E-state index contributed by atoms with van der Waals surface area (Å²) in [6.07, 6.45) is 1.15. The average molecular weight is 175 g/mol. The van der Waals surface area contributed by atoms with Crippen LogP contribution in [0.1, 0.15) is 20.3 Å². The summed E-state index contributed by atoms with van der Waals surface area (Å²) in [5.74, 6) is 0. The largest absolute Gasteiger partial charge is 0.329 e. The van der Waals surface area contributed by atoms with E-state index in [1.165, 1.54) is 0 Å². The van der Waals surface area contributed by atoms with Crippen molar-refractivity contribution in [3.63, 3.8) is 0 Å². The van der Waals surface area contributed by atoms with Crippen molar-refractivity contribution in [2.45, 2.75) is 26.4 Å². The van der Waals surface area contributed by atoms with Crippen LogP contribution >= 0.6 is 29.3 Å². The molecular formula is C4H9Cl2OP. The fraction of sp³-hybridized carbons (Fsp3) is 1.00. The quantitative estimate of drug-likeness (QED) is 0.596. The van der Waals surface area contributed by atoms with Gasteiger partial charge in [-0.25, -0.2) is 0 Å². The van der Waals surface area contributed by atoms with Gasteiger partial charge in [-0.1, -0.05) is 6.92 Å². The van der Waals surface area contributed by atoms with Crippen LogP contribution in [0.2, 0.25) is 0 Å². The highest BCUT2D eigenvalue weighted by Gasteiger charge is 2.03.